The molecule has 1 heteroatoms. The Balaban J connectivity index is 2.03. The van der Waals surface area contributed by atoms with Gasteiger partial charge in [0.2, 0.25) is 0 Å². The minimum absolute atomic E-state index is 0.352. The Kier molecular flexibility index (Phi) is 1.16. The first kappa shape index (κ1) is 6.64. The first-order valence-electron chi connectivity index (χ1n) is 4.75. The quantitative estimate of drug-likeness (QED) is 0.495. The Morgan fingerprint density at radius 2 is 2.08 bits per heavy atom. The van der Waals surface area contributed by atoms with Crippen LogP contribution in [-0.2, 0) is 4.79 Å². The molecule has 2 bridgehead atoms. The normalized spacial score (nSPS) is 48.5. The SMILES string of the molecule is O=C1C=CC[C@@H]2[C@@H]1[C@H]1C=C[C@H]2C1. The second-order valence-electron chi connectivity index (χ2n) is 4.18. The third-order valence-corrected chi connectivity index (χ3v) is 3.64. The Labute approximate surface area is 72.2 Å². The van der Waals surface area contributed by atoms with Crippen LogP contribution >= 0.6 is 0 Å². The van der Waals surface area contributed by atoms with Gasteiger partial charge >= 0.3 is 0 Å². The van der Waals surface area contributed by atoms with Gasteiger partial charge in [0, 0.05) is 5.92 Å². The number of fused-ring (bicyclic) bond motifs is 5. The number of hydrogen-bond acceptors (Lipinski definition) is 1. The first-order valence-corrected chi connectivity index (χ1v) is 4.75. The molecule has 0 aromatic carbocycles. The van der Waals surface area contributed by atoms with Crippen molar-refractivity contribution < 1.29 is 4.79 Å². The lowest BCUT2D eigenvalue weighted by molar-refractivity contribution is -0.120. The number of carbonyl (C=O) groups excluding carboxylic acids is 1. The number of ketones is 1. The standard InChI is InChI=1S/C11H12O/c12-10-3-1-2-9-7-4-5-8(6-7)11(9)10/h1,3-5,7-9,11H,2,6H2/t7-,8-,9-,11-/m0/s1. The van der Waals surface area contributed by atoms with Crippen molar-refractivity contribution in [3.05, 3.63) is 24.3 Å². The van der Waals surface area contributed by atoms with E-state index in [0.717, 1.165) is 6.42 Å². The van der Waals surface area contributed by atoms with Gasteiger partial charge in [-0.3, -0.25) is 4.79 Å². The van der Waals surface area contributed by atoms with Gasteiger partial charge in [0.05, 0.1) is 0 Å². The number of hydrogen-bond donors (Lipinski definition) is 0. The van der Waals surface area contributed by atoms with Crippen molar-refractivity contribution in [1.82, 2.24) is 0 Å². The van der Waals surface area contributed by atoms with E-state index in [1.165, 1.54) is 6.42 Å². The van der Waals surface area contributed by atoms with Crippen LogP contribution in [0.4, 0.5) is 0 Å². The monoisotopic (exact) mass is 160 g/mol. The van der Waals surface area contributed by atoms with Gasteiger partial charge in [0.15, 0.2) is 5.78 Å². The summed E-state index contributed by atoms with van der Waals surface area (Å²) in [4.78, 5) is 11.5. The minimum atomic E-state index is 0.352. The van der Waals surface area contributed by atoms with E-state index >= 15 is 0 Å². The third-order valence-electron chi connectivity index (χ3n) is 3.64. The molecule has 1 saturated carbocycles. The maximum atomic E-state index is 11.5. The van der Waals surface area contributed by atoms with E-state index in [4.69, 9.17) is 0 Å². The van der Waals surface area contributed by atoms with E-state index in [1.807, 2.05) is 0 Å². The molecule has 0 radical (unpaired) electrons. The molecular formula is C11H12O. The zero-order chi connectivity index (χ0) is 8.13. The largest absolute Gasteiger partial charge is 0.295 e. The van der Waals surface area contributed by atoms with Gasteiger partial charge in [-0.1, -0.05) is 18.2 Å². The fraction of sp³-hybridized carbons (Fsp3) is 0.545. The van der Waals surface area contributed by atoms with Gasteiger partial charge in [0.25, 0.3) is 0 Å². The molecule has 0 amide bonds. The molecule has 0 N–H and O–H groups in total. The minimum Gasteiger partial charge on any atom is -0.295 e. The summed E-state index contributed by atoms with van der Waals surface area (Å²) in [5.74, 6) is 2.68. The van der Waals surface area contributed by atoms with Gasteiger partial charge in [-0.15, -0.1) is 0 Å². The van der Waals surface area contributed by atoms with Crippen LogP contribution in [0.2, 0.25) is 0 Å². The number of rotatable bonds is 0. The van der Waals surface area contributed by atoms with Crippen LogP contribution in [0.1, 0.15) is 12.8 Å². The zero-order valence-electron chi connectivity index (χ0n) is 6.94. The molecule has 1 fully saturated rings. The summed E-state index contributed by atoms with van der Waals surface area (Å²) in [6.07, 6.45) is 10.8. The molecule has 62 valence electrons. The summed E-state index contributed by atoms with van der Waals surface area (Å²) in [6.45, 7) is 0. The molecule has 0 heterocycles. The second-order valence-corrected chi connectivity index (χ2v) is 4.18. The van der Waals surface area contributed by atoms with Gasteiger partial charge in [-0.25, -0.2) is 0 Å². The molecule has 3 rings (SSSR count). The van der Waals surface area contributed by atoms with Gasteiger partial charge in [0.1, 0.15) is 0 Å². The maximum Gasteiger partial charge on any atom is 0.159 e. The summed E-state index contributed by atoms with van der Waals surface area (Å²) in [6, 6.07) is 0. The lowest BCUT2D eigenvalue weighted by Crippen LogP contribution is -2.28. The predicted octanol–water partition coefficient (Wildman–Crippen LogP) is 1.95. The lowest BCUT2D eigenvalue weighted by Gasteiger charge is -2.27. The van der Waals surface area contributed by atoms with E-state index < -0.39 is 0 Å². The highest BCUT2D eigenvalue weighted by atomic mass is 16.1. The van der Waals surface area contributed by atoms with Crippen molar-refractivity contribution in [2.24, 2.45) is 23.7 Å². The molecule has 4 atom stereocenters. The van der Waals surface area contributed by atoms with Crippen molar-refractivity contribution >= 4 is 5.78 Å². The van der Waals surface area contributed by atoms with Crippen molar-refractivity contribution in [3.63, 3.8) is 0 Å². The van der Waals surface area contributed by atoms with Gasteiger partial charge < -0.3 is 0 Å². The molecule has 1 nitrogen and oxygen atoms in total. The van der Waals surface area contributed by atoms with Crippen LogP contribution in [0.25, 0.3) is 0 Å². The average molecular weight is 160 g/mol. The van der Waals surface area contributed by atoms with E-state index in [1.54, 1.807) is 6.08 Å². The fourth-order valence-electron chi connectivity index (χ4n) is 3.12. The summed E-state index contributed by atoms with van der Waals surface area (Å²) in [5.41, 5.74) is 0. The van der Waals surface area contributed by atoms with Crippen LogP contribution < -0.4 is 0 Å². The molecule has 3 aliphatic carbocycles. The molecule has 12 heavy (non-hydrogen) atoms. The predicted molar refractivity (Wildman–Crippen MR) is 46.5 cm³/mol. The van der Waals surface area contributed by atoms with Gasteiger partial charge in [-0.2, -0.15) is 0 Å². The smallest absolute Gasteiger partial charge is 0.159 e. The van der Waals surface area contributed by atoms with Gasteiger partial charge in [-0.05, 0) is 36.7 Å². The Hall–Kier alpha value is -0.850. The lowest BCUT2D eigenvalue weighted by atomic mass is 9.76. The highest BCUT2D eigenvalue weighted by Gasteiger charge is 2.47. The third kappa shape index (κ3) is 0.669. The van der Waals surface area contributed by atoms with E-state index in [2.05, 4.69) is 18.2 Å². The number of allylic oxidation sites excluding steroid dienone is 4. The first-order chi connectivity index (χ1) is 5.86. The molecule has 3 aliphatic rings. The summed E-state index contributed by atoms with van der Waals surface area (Å²) in [5, 5.41) is 0. The van der Waals surface area contributed by atoms with Crippen molar-refractivity contribution in [2.75, 3.05) is 0 Å². The molecule has 0 aromatic rings. The molecule has 0 saturated heterocycles. The van der Waals surface area contributed by atoms with E-state index in [-0.39, 0.29) is 0 Å². The second kappa shape index (κ2) is 2.09. The maximum absolute atomic E-state index is 11.5. The Morgan fingerprint density at radius 3 is 2.92 bits per heavy atom. The molecular weight excluding hydrogens is 148 g/mol. The van der Waals surface area contributed by atoms with Crippen LogP contribution in [0.5, 0.6) is 0 Å². The Morgan fingerprint density at radius 1 is 1.25 bits per heavy atom. The number of carbonyl (C=O) groups is 1. The molecule has 0 aromatic heterocycles. The van der Waals surface area contributed by atoms with Crippen LogP contribution in [0.3, 0.4) is 0 Å². The van der Waals surface area contributed by atoms with Crippen molar-refractivity contribution in [1.29, 1.82) is 0 Å². The average Bonchev–Trinajstić information content (AvgIpc) is 2.64. The topological polar surface area (TPSA) is 17.1 Å². The molecule has 0 spiro atoms. The zero-order valence-corrected chi connectivity index (χ0v) is 6.94. The van der Waals surface area contributed by atoms with Crippen molar-refractivity contribution in [2.45, 2.75) is 12.8 Å². The highest BCUT2D eigenvalue weighted by molar-refractivity contribution is 5.93. The van der Waals surface area contributed by atoms with Crippen LogP contribution in [0.15, 0.2) is 24.3 Å². The van der Waals surface area contributed by atoms with E-state index in [0.29, 0.717) is 29.5 Å². The van der Waals surface area contributed by atoms with Crippen molar-refractivity contribution in [3.8, 4) is 0 Å². The van der Waals surface area contributed by atoms with Crippen LogP contribution in [0, 0.1) is 23.7 Å². The Bertz CT molecular complexity index is 287. The highest BCUT2D eigenvalue weighted by Crippen LogP contribution is 2.51. The molecule has 0 aliphatic heterocycles. The summed E-state index contributed by atoms with van der Waals surface area (Å²) >= 11 is 0. The van der Waals surface area contributed by atoms with Crippen LogP contribution in [-0.4, -0.2) is 5.78 Å². The van der Waals surface area contributed by atoms with E-state index in [9.17, 15) is 4.79 Å². The summed E-state index contributed by atoms with van der Waals surface area (Å²) in [7, 11) is 0. The molecule has 0 unspecified atom stereocenters. The summed E-state index contributed by atoms with van der Waals surface area (Å²) < 4.78 is 0. The fourth-order valence-corrected chi connectivity index (χ4v) is 3.12.